The topological polar surface area (TPSA) is 44.0 Å². The first kappa shape index (κ1) is 12.1. The molecule has 2 rings (SSSR count). The summed E-state index contributed by atoms with van der Waals surface area (Å²) >= 11 is 3.26. The van der Waals surface area contributed by atoms with Crippen molar-refractivity contribution in [2.45, 2.75) is 20.0 Å². The van der Waals surface area contributed by atoms with Gasteiger partial charge in [0.25, 0.3) is 5.56 Å². The number of nitrogens with zero attached hydrogens (tertiary/aromatic N) is 2. The first-order valence-corrected chi connectivity index (χ1v) is 6.61. The molecule has 0 unspecified atom stereocenters. The number of hydrogen-bond donors (Lipinski definition) is 0. The van der Waals surface area contributed by atoms with Gasteiger partial charge in [-0.05, 0) is 19.1 Å². The van der Waals surface area contributed by atoms with Gasteiger partial charge in [-0.15, -0.1) is 0 Å². The minimum atomic E-state index is -0.240. The maximum absolute atomic E-state index is 12.1. The van der Waals surface area contributed by atoms with Crippen LogP contribution in [0.4, 0.5) is 0 Å². The van der Waals surface area contributed by atoms with Gasteiger partial charge in [0, 0.05) is 18.4 Å². The van der Waals surface area contributed by atoms with E-state index in [9.17, 15) is 9.59 Å². The van der Waals surface area contributed by atoms with E-state index in [1.165, 1.54) is 4.57 Å². The van der Waals surface area contributed by atoms with Crippen molar-refractivity contribution < 1.29 is 0 Å². The van der Waals surface area contributed by atoms with Gasteiger partial charge in [0.1, 0.15) is 0 Å². The van der Waals surface area contributed by atoms with Crippen molar-refractivity contribution in [1.82, 2.24) is 9.13 Å². The van der Waals surface area contributed by atoms with Gasteiger partial charge in [-0.3, -0.25) is 13.9 Å². The molecule has 0 aliphatic heterocycles. The van der Waals surface area contributed by atoms with Crippen LogP contribution in [0, 0.1) is 0 Å². The predicted octanol–water partition coefficient (Wildman–Crippen LogP) is 1.58. The van der Waals surface area contributed by atoms with Crippen LogP contribution in [0.5, 0.6) is 0 Å². The van der Waals surface area contributed by atoms with Crippen molar-refractivity contribution in [1.29, 1.82) is 0 Å². The lowest BCUT2D eigenvalue weighted by Crippen LogP contribution is -2.40. The van der Waals surface area contributed by atoms with Crippen LogP contribution in [-0.2, 0) is 13.1 Å². The highest BCUT2D eigenvalue weighted by atomic mass is 79.9. The number of alkyl halides is 1. The third kappa shape index (κ3) is 1.95. The van der Waals surface area contributed by atoms with Crippen LogP contribution in [0.2, 0.25) is 0 Å². The summed E-state index contributed by atoms with van der Waals surface area (Å²) in [5.74, 6) is 0. The number of halogens is 1. The summed E-state index contributed by atoms with van der Waals surface area (Å²) in [4.78, 5) is 24.3. The van der Waals surface area contributed by atoms with Crippen LogP contribution in [-0.4, -0.2) is 14.5 Å². The summed E-state index contributed by atoms with van der Waals surface area (Å²) in [6.07, 6.45) is 0. The number of aromatic nitrogens is 2. The summed E-state index contributed by atoms with van der Waals surface area (Å²) in [7, 11) is 0. The highest BCUT2D eigenvalue weighted by Gasteiger charge is 2.10. The van der Waals surface area contributed by atoms with Gasteiger partial charge >= 0.3 is 5.69 Å². The van der Waals surface area contributed by atoms with Gasteiger partial charge in [0.05, 0.1) is 10.9 Å². The van der Waals surface area contributed by atoms with Crippen LogP contribution in [0.1, 0.15) is 6.92 Å². The fourth-order valence-corrected chi connectivity index (χ4v) is 2.31. The Morgan fingerprint density at radius 2 is 1.88 bits per heavy atom. The van der Waals surface area contributed by atoms with Crippen LogP contribution in [0.3, 0.4) is 0 Å². The SMILES string of the molecule is CCn1c(=O)n(CCBr)c(=O)c2ccccc21. The van der Waals surface area contributed by atoms with Crippen molar-refractivity contribution in [3.8, 4) is 0 Å². The van der Waals surface area contributed by atoms with Crippen molar-refractivity contribution in [3.05, 3.63) is 45.1 Å². The summed E-state index contributed by atoms with van der Waals surface area (Å²) < 4.78 is 2.90. The van der Waals surface area contributed by atoms with E-state index in [0.29, 0.717) is 29.3 Å². The molecule has 1 aromatic heterocycles. The Kier molecular flexibility index (Phi) is 3.47. The van der Waals surface area contributed by atoms with Gasteiger partial charge < -0.3 is 0 Å². The number of aryl methyl sites for hydroxylation is 1. The van der Waals surface area contributed by atoms with Gasteiger partial charge in [-0.2, -0.15) is 0 Å². The average molecular weight is 297 g/mol. The molecule has 0 saturated carbocycles. The summed E-state index contributed by atoms with van der Waals surface area (Å²) in [5, 5.41) is 1.18. The largest absolute Gasteiger partial charge is 0.331 e. The molecule has 5 heteroatoms. The van der Waals surface area contributed by atoms with Gasteiger partial charge in [0.15, 0.2) is 0 Å². The molecular weight excluding hydrogens is 284 g/mol. The Bertz CT molecular complexity index is 658. The van der Waals surface area contributed by atoms with E-state index in [0.717, 1.165) is 0 Å². The molecule has 0 amide bonds. The first-order valence-electron chi connectivity index (χ1n) is 5.49. The van der Waals surface area contributed by atoms with E-state index in [-0.39, 0.29) is 11.2 Å². The van der Waals surface area contributed by atoms with E-state index >= 15 is 0 Å². The summed E-state index contributed by atoms with van der Waals surface area (Å²) in [6, 6.07) is 7.21. The van der Waals surface area contributed by atoms with Crippen LogP contribution < -0.4 is 11.2 Å². The maximum atomic E-state index is 12.1. The maximum Gasteiger partial charge on any atom is 0.331 e. The monoisotopic (exact) mass is 296 g/mol. The molecule has 0 spiro atoms. The normalized spacial score (nSPS) is 10.9. The summed E-state index contributed by atoms with van der Waals surface area (Å²) in [6.45, 7) is 2.85. The van der Waals surface area contributed by atoms with Crippen molar-refractivity contribution in [2.75, 3.05) is 5.33 Å². The lowest BCUT2D eigenvalue weighted by Gasteiger charge is -2.11. The molecule has 0 fully saturated rings. The van der Waals surface area contributed by atoms with Crippen molar-refractivity contribution in [3.63, 3.8) is 0 Å². The molecule has 17 heavy (non-hydrogen) atoms. The summed E-state index contributed by atoms with van der Waals surface area (Å²) in [5.41, 5.74) is 0.251. The predicted molar refractivity (Wildman–Crippen MR) is 71.9 cm³/mol. The third-order valence-corrected chi connectivity index (χ3v) is 3.11. The molecular formula is C12H13BrN2O2. The van der Waals surface area contributed by atoms with Crippen LogP contribution in [0.25, 0.3) is 10.9 Å². The van der Waals surface area contributed by atoms with Gasteiger partial charge in [-0.1, -0.05) is 28.1 Å². The molecule has 0 aliphatic carbocycles. The second-order valence-corrected chi connectivity index (χ2v) is 4.48. The second kappa shape index (κ2) is 4.87. The number of para-hydroxylation sites is 1. The Labute approximate surface area is 107 Å². The molecule has 2 aromatic rings. The molecule has 0 radical (unpaired) electrons. The Morgan fingerprint density at radius 1 is 1.18 bits per heavy atom. The van der Waals surface area contributed by atoms with E-state index in [2.05, 4.69) is 15.9 Å². The second-order valence-electron chi connectivity index (χ2n) is 3.69. The van der Waals surface area contributed by atoms with Crippen molar-refractivity contribution in [2.24, 2.45) is 0 Å². The highest BCUT2D eigenvalue weighted by molar-refractivity contribution is 9.09. The minimum absolute atomic E-state index is 0.213. The molecule has 1 heterocycles. The van der Waals surface area contributed by atoms with Gasteiger partial charge in [0.2, 0.25) is 0 Å². The molecule has 4 nitrogen and oxygen atoms in total. The number of rotatable bonds is 3. The Morgan fingerprint density at radius 3 is 2.53 bits per heavy atom. The van der Waals surface area contributed by atoms with E-state index in [1.807, 2.05) is 19.1 Å². The molecule has 90 valence electrons. The number of hydrogen-bond acceptors (Lipinski definition) is 2. The molecule has 0 saturated heterocycles. The lowest BCUT2D eigenvalue weighted by molar-refractivity contribution is 0.614. The Balaban J connectivity index is 2.95. The Hall–Kier alpha value is -1.36. The van der Waals surface area contributed by atoms with E-state index in [1.54, 1.807) is 16.7 Å². The fraction of sp³-hybridized carbons (Fsp3) is 0.333. The molecule has 0 bridgehead atoms. The third-order valence-electron chi connectivity index (χ3n) is 2.76. The van der Waals surface area contributed by atoms with Crippen LogP contribution in [0.15, 0.2) is 33.9 Å². The zero-order valence-electron chi connectivity index (χ0n) is 9.52. The first-order chi connectivity index (χ1) is 8.20. The highest BCUT2D eigenvalue weighted by Crippen LogP contribution is 2.07. The number of benzene rings is 1. The van der Waals surface area contributed by atoms with Crippen LogP contribution >= 0.6 is 15.9 Å². The quantitative estimate of drug-likeness (QED) is 0.807. The molecule has 1 aromatic carbocycles. The average Bonchev–Trinajstić information content (AvgIpc) is 2.35. The minimum Gasteiger partial charge on any atom is -0.293 e. The molecule has 0 aliphatic rings. The van der Waals surface area contributed by atoms with E-state index < -0.39 is 0 Å². The van der Waals surface area contributed by atoms with E-state index in [4.69, 9.17) is 0 Å². The number of fused-ring (bicyclic) bond motifs is 1. The zero-order chi connectivity index (χ0) is 12.4. The zero-order valence-corrected chi connectivity index (χ0v) is 11.1. The van der Waals surface area contributed by atoms with Crippen molar-refractivity contribution >= 4 is 26.8 Å². The standard InChI is InChI=1S/C12H13BrN2O2/c1-2-14-10-6-4-3-5-9(10)11(16)15(8-7-13)12(14)17/h3-6H,2,7-8H2,1H3. The lowest BCUT2D eigenvalue weighted by atomic mass is 10.2. The van der Waals surface area contributed by atoms with Gasteiger partial charge in [-0.25, -0.2) is 4.79 Å². The molecule has 0 N–H and O–H groups in total. The molecule has 0 atom stereocenters. The smallest absolute Gasteiger partial charge is 0.293 e. The fourth-order valence-electron chi connectivity index (χ4n) is 1.96.